The van der Waals surface area contributed by atoms with E-state index in [0.717, 1.165) is 0 Å². The molecule has 0 atom stereocenters. The van der Waals surface area contributed by atoms with Crippen LogP contribution in [0.5, 0.6) is 0 Å². The number of hydrogen-bond acceptors (Lipinski definition) is 6. The van der Waals surface area contributed by atoms with Gasteiger partial charge in [0.15, 0.2) is 0 Å². The SMILES string of the molecule is C=COCCOC(=O)Nc1ccc(NOCOC=C)cc1. The number of benzene rings is 1. The van der Waals surface area contributed by atoms with E-state index in [1.165, 1.54) is 12.5 Å². The van der Waals surface area contributed by atoms with Crippen LogP contribution in [0.25, 0.3) is 0 Å². The maximum Gasteiger partial charge on any atom is 0.411 e. The Morgan fingerprint density at radius 1 is 1.05 bits per heavy atom. The lowest BCUT2D eigenvalue weighted by atomic mass is 10.3. The fourth-order valence-corrected chi connectivity index (χ4v) is 1.24. The molecule has 0 heterocycles. The molecule has 1 rings (SSSR count). The Bertz CT molecular complexity index is 447. The Kier molecular flexibility index (Phi) is 7.93. The van der Waals surface area contributed by atoms with Crippen molar-refractivity contribution in [1.29, 1.82) is 0 Å². The summed E-state index contributed by atoms with van der Waals surface area (Å²) in [6, 6.07) is 6.85. The van der Waals surface area contributed by atoms with Gasteiger partial charge in [-0.2, -0.15) is 0 Å². The van der Waals surface area contributed by atoms with E-state index in [1.807, 2.05) is 0 Å². The first-order valence-electron chi connectivity index (χ1n) is 6.13. The number of rotatable bonds is 10. The van der Waals surface area contributed by atoms with Gasteiger partial charge in [0, 0.05) is 5.69 Å². The van der Waals surface area contributed by atoms with E-state index in [0.29, 0.717) is 11.4 Å². The maximum absolute atomic E-state index is 11.4. The molecule has 1 aromatic rings. The second kappa shape index (κ2) is 10.2. The number of carbonyl (C=O) groups excluding carboxylic acids is 1. The lowest BCUT2D eigenvalue weighted by Gasteiger charge is -2.09. The van der Waals surface area contributed by atoms with Crippen LogP contribution in [0.3, 0.4) is 0 Å². The zero-order valence-electron chi connectivity index (χ0n) is 11.5. The van der Waals surface area contributed by atoms with Crippen molar-refractivity contribution in [3.05, 3.63) is 49.9 Å². The Morgan fingerprint density at radius 3 is 2.38 bits per heavy atom. The van der Waals surface area contributed by atoms with E-state index in [1.54, 1.807) is 24.3 Å². The predicted octanol–water partition coefficient (Wildman–Crippen LogP) is 2.86. The van der Waals surface area contributed by atoms with Crippen LogP contribution in [-0.2, 0) is 19.0 Å². The van der Waals surface area contributed by atoms with Crippen molar-refractivity contribution >= 4 is 17.5 Å². The minimum atomic E-state index is -0.556. The lowest BCUT2D eigenvalue weighted by Crippen LogP contribution is -2.16. The Morgan fingerprint density at radius 2 is 1.71 bits per heavy atom. The van der Waals surface area contributed by atoms with Crippen LogP contribution in [0.15, 0.2) is 49.9 Å². The monoisotopic (exact) mass is 294 g/mol. The fraction of sp³-hybridized carbons (Fsp3) is 0.214. The zero-order chi connectivity index (χ0) is 15.3. The van der Waals surface area contributed by atoms with Crippen molar-refractivity contribution in [3.8, 4) is 0 Å². The molecule has 0 aliphatic rings. The van der Waals surface area contributed by atoms with Gasteiger partial charge in [-0.25, -0.2) is 9.63 Å². The number of ether oxygens (including phenoxy) is 3. The summed E-state index contributed by atoms with van der Waals surface area (Å²) in [5, 5.41) is 2.57. The van der Waals surface area contributed by atoms with E-state index in [9.17, 15) is 4.79 Å². The zero-order valence-corrected chi connectivity index (χ0v) is 11.5. The molecule has 0 unspecified atom stereocenters. The first kappa shape index (κ1) is 16.4. The molecule has 21 heavy (non-hydrogen) atoms. The van der Waals surface area contributed by atoms with Gasteiger partial charge in [-0.3, -0.25) is 10.8 Å². The molecule has 0 aromatic heterocycles. The minimum absolute atomic E-state index is 0.0443. The molecule has 1 aromatic carbocycles. The Balaban J connectivity index is 2.28. The predicted molar refractivity (Wildman–Crippen MR) is 78.4 cm³/mol. The Hall–Kier alpha value is -2.67. The first-order chi connectivity index (χ1) is 10.3. The minimum Gasteiger partial charge on any atom is -0.498 e. The highest BCUT2D eigenvalue weighted by atomic mass is 16.7. The van der Waals surface area contributed by atoms with E-state index >= 15 is 0 Å². The average molecular weight is 294 g/mol. The van der Waals surface area contributed by atoms with Crippen LogP contribution in [-0.4, -0.2) is 26.1 Å². The summed E-state index contributed by atoms with van der Waals surface area (Å²) in [6.07, 6.45) is 2.01. The van der Waals surface area contributed by atoms with E-state index in [2.05, 4.69) is 24.0 Å². The number of carbonyl (C=O) groups is 1. The summed E-state index contributed by atoms with van der Waals surface area (Å²) in [4.78, 5) is 16.4. The molecule has 2 N–H and O–H groups in total. The van der Waals surface area contributed by atoms with Gasteiger partial charge in [0.1, 0.15) is 13.2 Å². The van der Waals surface area contributed by atoms with Gasteiger partial charge in [-0.15, -0.1) is 0 Å². The number of nitrogens with one attached hydrogen (secondary N) is 2. The van der Waals surface area contributed by atoms with Gasteiger partial charge < -0.3 is 14.2 Å². The van der Waals surface area contributed by atoms with Gasteiger partial charge in [0.25, 0.3) is 0 Å². The summed E-state index contributed by atoms with van der Waals surface area (Å²) in [5.41, 5.74) is 3.97. The highest BCUT2D eigenvalue weighted by Gasteiger charge is 2.02. The maximum atomic E-state index is 11.4. The molecule has 0 spiro atoms. The molecule has 0 bridgehead atoms. The van der Waals surface area contributed by atoms with Gasteiger partial charge in [0.2, 0.25) is 6.79 Å². The van der Waals surface area contributed by atoms with Crippen molar-refractivity contribution < 1.29 is 23.8 Å². The van der Waals surface area contributed by atoms with Crippen molar-refractivity contribution in [1.82, 2.24) is 0 Å². The van der Waals surface area contributed by atoms with Gasteiger partial charge in [0.05, 0.1) is 18.2 Å². The summed E-state index contributed by atoms with van der Waals surface area (Å²) >= 11 is 0. The molecular weight excluding hydrogens is 276 g/mol. The van der Waals surface area contributed by atoms with Crippen molar-refractivity contribution in [2.75, 3.05) is 30.8 Å². The second-order valence-corrected chi connectivity index (χ2v) is 3.57. The molecule has 0 aliphatic heterocycles. The highest BCUT2D eigenvalue weighted by Crippen LogP contribution is 2.13. The summed E-state index contributed by atoms with van der Waals surface area (Å²) in [5.74, 6) is 0. The lowest BCUT2D eigenvalue weighted by molar-refractivity contribution is 0.0188. The first-order valence-corrected chi connectivity index (χ1v) is 6.13. The summed E-state index contributed by atoms with van der Waals surface area (Å²) in [6.45, 7) is 7.22. The molecular formula is C14H18N2O5. The number of hydrogen-bond donors (Lipinski definition) is 2. The van der Waals surface area contributed by atoms with Crippen LogP contribution < -0.4 is 10.8 Å². The molecule has 0 aliphatic carbocycles. The Labute approximate surface area is 123 Å². The molecule has 0 saturated heterocycles. The normalized spacial score (nSPS) is 9.33. The fourth-order valence-electron chi connectivity index (χ4n) is 1.24. The van der Waals surface area contributed by atoms with E-state index in [4.69, 9.17) is 19.0 Å². The van der Waals surface area contributed by atoms with Gasteiger partial charge in [-0.1, -0.05) is 13.2 Å². The molecule has 0 saturated carbocycles. The highest BCUT2D eigenvalue weighted by molar-refractivity contribution is 5.84. The molecule has 7 heteroatoms. The van der Waals surface area contributed by atoms with Gasteiger partial charge in [-0.05, 0) is 24.3 Å². The second-order valence-electron chi connectivity index (χ2n) is 3.57. The molecule has 1 amide bonds. The summed E-state index contributed by atoms with van der Waals surface area (Å²) < 4.78 is 14.5. The van der Waals surface area contributed by atoms with E-state index in [-0.39, 0.29) is 20.0 Å². The third-order valence-electron chi connectivity index (χ3n) is 2.12. The largest absolute Gasteiger partial charge is 0.498 e. The quantitative estimate of drug-likeness (QED) is 0.299. The van der Waals surface area contributed by atoms with Crippen LogP contribution in [0.1, 0.15) is 0 Å². The van der Waals surface area contributed by atoms with Crippen LogP contribution in [0.4, 0.5) is 16.2 Å². The van der Waals surface area contributed by atoms with Crippen LogP contribution in [0.2, 0.25) is 0 Å². The van der Waals surface area contributed by atoms with Gasteiger partial charge >= 0.3 is 6.09 Å². The third-order valence-corrected chi connectivity index (χ3v) is 2.12. The number of anilines is 2. The van der Waals surface area contributed by atoms with Crippen molar-refractivity contribution in [2.24, 2.45) is 0 Å². The van der Waals surface area contributed by atoms with Crippen molar-refractivity contribution in [2.45, 2.75) is 0 Å². The van der Waals surface area contributed by atoms with Crippen LogP contribution >= 0.6 is 0 Å². The molecule has 114 valence electrons. The number of amides is 1. The van der Waals surface area contributed by atoms with E-state index < -0.39 is 6.09 Å². The average Bonchev–Trinajstić information content (AvgIpc) is 2.50. The topological polar surface area (TPSA) is 78.1 Å². The van der Waals surface area contributed by atoms with Crippen LogP contribution in [0, 0.1) is 0 Å². The third kappa shape index (κ3) is 7.48. The van der Waals surface area contributed by atoms with Crippen molar-refractivity contribution in [3.63, 3.8) is 0 Å². The molecule has 7 nitrogen and oxygen atoms in total. The standard InChI is InChI=1S/C14H18N2O5/c1-3-18-9-10-20-14(17)15-12-5-7-13(8-6-12)16-21-11-19-4-2/h3-8,16H,1-2,9-11H2,(H,15,17). The molecule has 0 fully saturated rings. The molecule has 0 radical (unpaired) electrons. The smallest absolute Gasteiger partial charge is 0.411 e. The summed E-state index contributed by atoms with van der Waals surface area (Å²) in [7, 11) is 0.